The highest BCUT2D eigenvalue weighted by atomic mass is 19.1. The second kappa shape index (κ2) is 7.08. The Morgan fingerprint density at radius 1 is 1.24 bits per heavy atom. The Kier molecular flexibility index (Phi) is 4.69. The number of benzene rings is 1. The van der Waals surface area contributed by atoms with Gasteiger partial charge < -0.3 is 9.47 Å². The summed E-state index contributed by atoms with van der Waals surface area (Å²) in [6, 6.07) is 9.38. The highest BCUT2D eigenvalue weighted by molar-refractivity contribution is 5.88. The van der Waals surface area contributed by atoms with Crippen molar-refractivity contribution in [3.05, 3.63) is 65.4 Å². The first-order valence-corrected chi connectivity index (χ1v) is 7.43. The minimum Gasteiger partial charge on any atom is -0.471 e. The van der Waals surface area contributed by atoms with E-state index in [1.807, 2.05) is 0 Å². The summed E-state index contributed by atoms with van der Waals surface area (Å²) in [6.45, 7) is 1.86. The molecular weight excluding hydrogens is 327 g/mol. The van der Waals surface area contributed by atoms with Gasteiger partial charge in [0, 0.05) is 12.3 Å². The van der Waals surface area contributed by atoms with Crippen LogP contribution in [0.25, 0.3) is 5.69 Å². The zero-order valence-electron chi connectivity index (χ0n) is 13.6. The van der Waals surface area contributed by atoms with Crippen LogP contribution in [-0.2, 0) is 11.3 Å². The summed E-state index contributed by atoms with van der Waals surface area (Å²) >= 11 is 0. The Morgan fingerprint density at radius 2 is 2.04 bits per heavy atom. The molecule has 0 saturated heterocycles. The summed E-state index contributed by atoms with van der Waals surface area (Å²) in [5.41, 5.74) is 1.83. The number of hydrogen-bond acceptors (Lipinski definition) is 6. The lowest BCUT2D eigenvalue weighted by Crippen LogP contribution is -2.09. The molecule has 3 aromatic rings. The topological polar surface area (TPSA) is 79.1 Å². The first-order chi connectivity index (χ1) is 12.1. The van der Waals surface area contributed by atoms with Crippen molar-refractivity contribution in [2.75, 3.05) is 7.11 Å². The fourth-order valence-corrected chi connectivity index (χ4v) is 2.21. The van der Waals surface area contributed by atoms with Crippen LogP contribution in [0.2, 0.25) is 0 Å². The molecule has 0 N–H and O–H groups in total. The lowest BCUT2D eigenvalue weighted by Gasteiger charge is -2.09. The summed E-state index contributed by atoms with van der Waals surface area (Å²) in [6.07, 6.45) is 1.36. The normalized spacial score (nSPS) is 10.5. The quantitative estimate of drug-likeness (QED) is 0.663. The Morgan fingerprint density at radius 3 is 2.72 bits per heavy atom. The van der Waals surface area contributed by atoms with Crippen LogP contribution in [0.4, 0.5) is 4.39 Å². The number of para-hydroxylation sites is 1. The highest BCUT2D eigenvalue weighted by Gasteiger charge is 2.15. The first-order valence-electron chi connectivity index (χ1n) is 7.43. The number of methoxy groups -OCH3 is 1. The van der Waals surface area contributed by atoms with E-state index in [1.165, 1.54) is 24.1 Å². The van der Waals surface area contributed by atoms with E-state index in [-0.39, 0.29) is 12.3 Å². The molecule has 128 valence electrons. The van der Waals surface area contributed by atoms with Crippen LogP contribution in [0, 0.1) is 12.7 Å². The molecule has 7 nitrogen and oxygen atoms in total. The molecule has 0 aliphatic rings. The molecule has 0 amide bonds. The number of carbonyl (C=O) groups excluding carboxylic acids is 1. The number of pyridine rings is 1. The number of carbonyl (C=O) groups is 1. The molecule has 0 radical (unpaired) electrons. The molecule has 1 aromatic carbocycles. The Bertz CT molecular complexity index is 893. The number of aromatic nitrogens is 4. The van der Waals surface area contributed by atoms with E-state index in [0.717, 1.165) is 0 Å². The average Bonchev–Trinajstić information content (AvgIpc) is 3.00. The smallest absolute Gasteiger partial charge is 0.339 e. The first kappa shape index (κ1) is 16.6. The van der Waals surface area contributed by atoms with Gasteiger partial charge in [-0.15, -0.1) is 5.10 Å². The number of aryl methyl sites for hydroxylation is 1. The second-order valence-electron chi connectivity index (χ2n) is 5.15. The standard InChI is InChI=1S/C17H15FN4O3/c1-11-15(22(21-20-11)14-6-4-3-5-13(14)18)10-25-16-8-7-12(9-19-16)17(23)24-2/h3-9H,10H2,1-2H3. The van der Waals surface area contributed by atoms with Crippen molar-refractivity contribution in [1.82, 2.24) is 20.0 Å². The number of nitrogens with zero attached hydrogens (tertiary/aromatic N) is 4. The van der Waals surface area contributed by atoms with Crippen molar-refractivity contribution < 1.29 is 18.7 Å². The van der Waals surface area contributed by atoms with Gasteiger partial charge in [0.25, 0.3) is 0 Å². The molecular formula is C17H15FN4O3. The maximum Gasteiger partial charge on any atom is 0.339 e. The Hall–Kier alpha value is -3.29. The van der Waals surface area contributed by atoms with E-state index in [2.05, 4.69) is 20.0 Å². The molecule has 0 aliphatic heterocycles. The molecule has 0 saturated carbocycles. The van der Waals surface area contributed by atoms with E-state index < -0.39 is 11.8 Å². The summed E-state index contributed by atoms with van der Waals surface area (Å²) in [7, 11) is 1.30. The van der Waals surface area contributed by atoms with Crippen molar-refractivity contribution in [2.45, 2.75) is 13.5 Å². The highest BCUT2D eigenvalue weighted by Crippen LogP contribution is 2.18. The van der Waals surface area contributed by atoms with Gasteiger partial charge in [0.1, 0.15) is 23.8 Å². The van der Waals surface area contributed by atoms with Gasteiger partial charge in [0.05, 0.1) is 18.4 Å². The predicted molar refractivity (Wildman–Crippen MR) is 86.0 cm³/mol. The second-order valence-corrected chi connectivity index (χ2v) is 5.15. The van der Waals surface area contributed by atoms with Crippen LogP contribution in [0.3, 0.4) is 0 Å². The molecule has 0 fully saturated rings. The lowest BCUT2D eigenvalue weighted by atomic mass is 10.3. The molecule has 2 aromatic heterocycles. The summed E-state index contributed by atoms with van der Waals surface area (Å²) < 4.78 is 25.6. The van der Waals surface area contributed by atoms with Crippen LogP contribution < -0.4 is 4.74 Å². The third-order valence-electron chi connectivity index (χ3n) is 3.55. The van der Waals surface area contributed by atoms with E-state index in [9.17, 15) is 9.18 Å². The van der Waals surface area contributed by atoms with Gasteiger partial charge in [-0.3, -0.25) is 0 Å². The minimum absolute atomic E-state index is 0.0950. The van der Waals surface area contributed by atoms with E-state index >= 15 is 0 Å². The van der Waals surface area contributed by atoms with Crippen molar-refractivity contribution in [2.24, 2.45) is 0 Å². The van der Waals surface area contributed by atoms with Crippen LogP contribution in [-0.4, -0.2) is 33.1 Å². The summed E-state index contributed by atoms with van der Waals surface area (Å²) in [5.74, 6) is -0.570. The Labute approximate surface area is 143 Å². The van der Waals surface area contributed by atoms with Gasteiger partial charge >= 0.3 is 5.97 Å². The van der Waals surface area contributed by atoms with E-state index in [0.29, 0.717) is 22.8 Å². The van der Waals surface area contributed by atoms with E-state index in [4.69, 9.17) is 4.74 Å². The minimum atomic E-state index is -0.475. The third kappa shape index (κ3) is 3.47. The van der Waals surface area contributed by atoms with Crippen LogP contribution in [0.15, 0.2) is 42.6 Å². The average molecular weight is 342 g/mol. The third-order valence-corrected chi connectivity index (χ3v) is 3.55. The zero-order chi connectivity index (χ0) is 17.8. The summed E-state index contributed by atoms with van der Waals surface area (Å²) in [5, 5.41) is 7.95. The van der Waals surface area contributed by atoms with Crippen molar-refractivity contribution in [1.29, 1.82) is 0 Å². The molecule has 0 bridgehead atoms. The summed E-state index contributed by atoms with van der Waals surface area (Å²) in [4.78, 5) is 15.4. The molecule has 3 rings (SSSR count). The van der Waals surface area contributed by atoms with Gasteiger partial charge in [-0.05, 0) is 25.1 Å². The lowest BCUT2D eigenvalue weighted by molar-refractivity contribution is 0.0600. The SMILES string of the molecule is COC(=O)c1ccc(OCc2c(C)nnn2-c2ccccc2F)nc1. The number of rotatable bonds is 5. The maximum absolute atomic E-state index is 14.0. The molecule has 0 spiro atoms. The number of ether oxygens (including phenoxy) is 2. The molecule has 0 atom stereocenters. The van der Waals surface area contributed by atoms with Gasteiger partial charge in [-0.25, -0.2) is 18.9 Å². The molecule has 0 aliphatic carbocycles. The van der Waals surface area contributed by atoms with Crippen molar-refractivity contribution in [3.8, 4) is 11.6 Å². The zero-order valence-corrected chi connectivity index (χ0v) is 13.6. The van der Waals surface area contributed by atoms with Gasteiger partial charge in [0.15, 0.2) is 0 Å². The molecule has 8 heteroatoms. The fourth-order valence-electron chi connectivity index (χ4n) is 2.21. The molecule has 25 heavy (non-hydrogen) atoms. The number of hydrogen-bond donors (Lipinski definition) is 0. The van der Waals surface area contributed by atoms with Gasteiger partial charge in [0.2, 0.25) is 5.88 Å². The predicted octanol–water partition coefficient (Wildman–Crippen LogP) is 2.48. The van der Waals surface area contributed by atoms with Crippen LogP contribution in [0.5, 0.6) is 5.88 Å². The Balaban J connectivity index is 1.79. The number of esters is 1. The van der Waals surface area contributed by atoms with Gasteiger partial charge in [-0.1, -0.05) is 17.3 Å². The molecule has 0 unspecified atom stereocenters. The number of halogens is 1. The maximum atomic E-state index is 14.0. The van der Waals surface area contributed by atoms with Crippen LogP contribution >= 0.6 is 0 Å². The fraction of sp³-hybridized carbons (Fsp3) is 0.176. The van der Waals surface area contributed by atoms with Crippen molar-refractivity contribution in [3.63, 3.8) is 0 Å². The monoisotopic (exact) mass is 342 g/mol. The van der Waals surface area contributed by atoms with Gasteiger partial charge in [-0.2, -0.15) is 0 Å². The molecule has 2 heterocycles. The largest absolute Gasteiger partial charge is 0.471 e. The van der Waals surface area contributed by atoms with E-state index in [1.54, 1.807) is 37.3 Å². The van der Waals surface area contributed by atoms with Crippen molar-refractivity contribution >= 4 is 5.97 Å². The van der Waals surface area contributed by atoms with Crippen LogP contribution in [0.1, 0.15) is 21.7 Å².